The third-order valence-corrected chi connectivity index (χ3v) is 3.22. The van der Waals surface area contributed by atoms with Gasteiger partial charge in [-0.2, -0.15) is 0 Å². The zero-order chi connectivity index (χ0) is 13.5. The van der Waals surface area contributed by atoms with E-state index in [1.54, 1.807) is 23.0 Å². The quantitative estimate of drug-likeness (QED) is 0.585. The maximum atomic E-state index is 11.9. The Bertz CT molecular complexity index is 613. The van der Waals surface area contributed by atoms with Gasteiger partial charge >= 0.3 is 0 Å². The van der Waals surface area contributed by atoms with Crippen LogP contribution < -0.4 is 5.56 Å². The van der Waals surface area contributed by atoms with Crippen molar-refractivity contribution >= 4 is 10.9 Å². The molecule has 0 atom stereocenters. The first-order valence-corrected chi connectivity index (χ1v) is 6.91. The van der Waals surface area contributed by atoms with Crippen molar-refractivity contribution in [2.45, 2.75) is 39.2 Å². The Labute approximate surface area is 113 Å². The number of allylic oxidation sites excluding steroid dienone is 2. The third kappa shape index (κ3) is 3.53. The smallest absolute Gasteiger partial charge is 0.251 e. The molecule has 0 amide bonds. The number of hydrogen-bond acceptors (Lipinski definition) is 2. The maximum Gasteiger partial charge on any atom is 0.251 e. The van der Waals surface area contributed by atoms with Gasteiger partial charge in [-0.15, -0.1) is 0 Å². The predicted molar refractivity (Wildman–Crippen MR) is 79.3 cm³/mol. The molecule has 100 valence electrons. The average molecular weight is 256 g/mol. The van der Waals surface area contributed by atoms with Crippen molar-refractivity contribution in [1.82, 2.24) is 9.55 Å². The molecule has 3 nitrogen and oxygen atoms in total. The van der Waals surface area contributed by atoms with E-state index in [0.29, 0.717) is 6.54 Å². The molecule has 0 saturated carbocycles. The Balaban J connectivity index is 2.12. The summed E-state index contributed by atoms with van der Waals surface area (Å²) in [5, 5.41) is 1.05. The fourth-order valence-electron chi connectivity index (χ4n) is 2.13. The predicted octanol–water partition coefficient (Wildman–Crippen LogP) is 3.53. The molecule has 2 aromatic heterocycles. The molecule has 2 rings (SSSR count). The Morgan fingerprint density at radius 3 is 2.95 bits per heavy atom. The number of fused-ring (bicyclic) bond motifs is 1. The molecule has 19 heavy (non-hydrogen) atoms. The lowest BCUT2D eigenvalue weighted by Gasteiger charge is -2.06. The van der Waals surface area contributed by atoms with Crippen LogP contribution in [0.15, 0.2) is 47.5 Å². The van der Waals surface area contributed by atoms with Crippen molar-refractivity contribution in [3.05, 3.63) is 53.1 Å². The summed E-state index contributed by atoms with van der Waals surface area (Å²) in [5.74, 6) is 0. The highest BCUT2D eigenvalue weighted by Gasteiger charge is 2.00. The van der Waals surface area contributed by atoms with E-state index in [-0.39, 0.29) is 5.56 Å². The van der Waals surface area contributed by atoms with Crippen LogP contribution in [0.5, 0.6) is 0 Å². The van der Waals surface area contributed by atoms with Crippen molar-refractivity contribution in [3.8, 4) is 0 Å². The van der Waals surface area contributed by atoms with E-state index < -0.39 is 0 Å². The van der Waals surface area contributed by atoms with Crippen LogP contribution in [0.2, 0.25) is 0 Å². The molecule has 0 N–H and O–H groups in total. The van der Waals surface area contributed by atoms with Crippen LogP contribution in [-0.4, -0.2) is 9.55 Å². The topological polar surface area (TPSA) is 34.9 Å². The minimum atomic E-state index is 0.0266. The van der Waals surface area contributed by atoms with Crippen LogP contribution in [0, 0.1) is 0 Å². The minimum absolute atomic E-state index is 0.0266. The summed E-state index contributed by atoms with van der Waals surface area (Å²) in [6.07, 6.45) is 12.6. The van der Waals surface area contributed by atoms with Gasteiger partial charge in [0, 0.05) is 24.2 Å². The zero-order valence-corrected chi connectivity index (χ0v) is 11.4. The molecular weight excluding hydrogens is 236 g/mol. The molecule has 0 spiro atoms. The Morgan fingerprint density at radius 2 is 2.11 bits per heavy atom. The molecule has 0 bridgehead atoms. The highest BCUT2D eigenvalue weighted by atomic mass is 16.1. The van der Waals surface area contributed by atoms with Gasteiger partial charge in [-0.3, -0.25) is 9.78 Å². The molecule has 0 aliphatic rings. The van der Waals surface area contributed by atoms with Crippen LogP contribution >= 0.6 is 0 Å². The summed E-state index contributed by atoms with van der Waals surface area (Å²) in [6.45, 7) is 2.82. The van der Waals surface area contributed by atoms with E-state index in [9.17, 15) is 4.79 Å². The normalized spacial score (nSPS) is 11.4. The molecule has 0 saturated heterocycles. The molecule has 0 aromatic carbocycles. The van der Waals surface area contributed by atoms with E-state index in [0.717, 1.165) is 17.3 Å². The molecule has 0 radical (unpaired) electrons. The van der Waals surface area contributed by atoms with Gasteiger partial charge in [-0.25, -0.2) is 0 Å². The number of pyridine rings is 2. The van der Waals surface area contributed by atoms with Crippen molar-refractivity contribution in [2.24, 2.45) is 0 Å². The average Bonchev–Trinajstić information content (AvgIpc) is 2.44. The molecule has 0 unspecified atom stereocenters. The van der Waals surface area contributed by atoms with E-state index in [1.807, 2.05) is 12.1 Å². The first-order valence-electron chi connectivity index (χ1n) is 6.91. The van der Waals surface area contributed by atoms with Crippen molar-refractivity contribution in [2.75, 3.05) is 0 Å². The van der Waals surface area contributed by atoms with Crippen LogP contribution in [0.4, 0.5) is 0 Å². The lowest BCUT2D eigenvalue weighted by atomic mass is 10.2. The lowest BCUT2D eigenvalue weighted by molar-refractivity contribution is 0.725. The van der Waals surface area contributed by atoms with Gasteiger partial charge in [0.05, 0.1) is 11.7 Å². The molecule has 0 fully saturated rings. The Kier molecular flexibility index (Phi) is 4.90. The maximum absolute atomic E-state index is 11.9. The standard InChI is InChI=1S/C16H20N2O/c1-2-3-4-5-6-7-12-18-15-13-17-11-10-14(15)8-9-16(18)19/h6-11,13H,2-5,12H2,1H3. The van der Waals surface area contributed by atoms with Crippen LogP contribution in [0.25, 0.3) is 10.9 Å². The Hall–Kier alpha value is -1.90. The molecule has 2 heterocycles. The molecule has 0 aliphatic carbocycles. The number of nitrogens with zero attached hydrogens (tertiary/aromatic N) is 2. The van der Waals surface area contributed by atoms with E-state index in [2.05, 4.69) is 24.1 Å². The highest BCUT2D eigenvalue weighted by Crippen LogP contribution is 2.09. The number of unbranched alkanes of at least 4 members (excludes halogenated alkanes) is 3. The van der Waals surface area contributed by atoms with Crippen molar-refractivity contribution in [3.63, 3.8) is 0 Å². The monoisotopic (exact) mass is 256 g/mol. The lowest BCUT2D eigenvalue weighted by Crippen LogP contribution is -2.18. The van der Waals surface area contributed by atoms with E-state index in [1.165, 1.54) is 19.3 Å². The van der Waals surface area contributed by atoms with Gasteiger partial charge in [0.1, 0.15) is 0 Å². The fraction of sp³-hybridized carbons (Fsp3) is 0.375. The van der Waals surface area contributed by atoms with Crippen molar-refractivity contribution < 1.29 is 0 Å². The summed E-state index contributed by atoms with van der Waals surface area (Å²) in [7, 11) is 0. The number of aromatic nitrogens is 2. The molecular formula is C16H20N2O. The van der Waals surface area contributed by atoms with Crippen molar-refractivity contribution in [1.29, 1.82) is 0 Å². The highest BCUT2D eigenvalue weighted by molar-refractivity contribution is 5.77. The second-order valence-corrected chi connectivity index (χ2v) is 4.68. The summed E-state index contributed by atoms with van der Waals surface area (Å²) in [6, 6.07) is 5.39. The van der Waals surface area contributed by atoms with E-state index in [4.69, 9.17) is 0 Å². The molecule has 2 aromatic rings. The summed E-state index contributed by atoms with van der Waals surface area (Å²) in [5.41, 5.74) is 0.923. The van der Waals surface area contributed by atoms with Crippen LogP contribution in [0.1, 0.15) is 32.6 Å². The molecule has 3 heteroatoms. The minimum Gasteiger partial charge on any atom is -0.303 e. The van der Waals surface area contributed by atoms with E-state index >= 15 is 0 Å². The van der Waals surface area contributed by atoms with Gasteiger partial charge in [0.15, 0.2) is 0 Å². The van der Waals surface area contributed by atoms with Crippen LogP contribution in [0.3, 0.4) is 0 Å². The van der Waals surface area contributed by atoms with Crippen LogP contribution in [-0.2, 0) is 6.54 Å². The van der Waals surface area contributed by atoms with Gasteiger partial charge in [-0.1, -0.05) is 31.9 Å². The second kappa shape index (κ2) is 6.88. The largest absolute Gasteiger partial charge is 0.303 e. The summed E-state index contributed by atoms with van der Waals surface area (Å²) in [4.78, 5) is 16.0. The number of rotatable bonds is 6. The van der Waals surface area contributed by atoms with Gasteiger partial charge in [0.2, 0.25) is 0 Å². The SMILES string of the molecule is CCCCCC=CCn1c(=O)ccc2ccncc21. The van der Waals surface area contributed by atoms with Gasteiger partial charge < -0.3 is 4.57 Å². The molecule has 0 aliphatic heterocycles. The Morgan fingerprint density at radius 1 is 1.21 bits per heavy atom. The van der Waals surface area contributed by atoms with Gasteiger partial charge in [0.25, 0.3) is 5.56 Å². The zero-order valence-electron chi connectivity index (χ0n) is 11.4. The first kappa shape index (κ1) is 13.5. The second-order valence-electron chi connectivity index (χ2n) is 4.68. The first-order chi connectivity index (χ1) is 9.33. The third-order valence-electron chi connectivity index (χ3n) is 3.22. The number of hydrogen-bond donors (Lipinski definition) is 0. The summed E-state index contributed by atoms with van der Waals surface area (Å²) < 4.78 is 1.76. The fourth-order valence-corrected chi connectivity index (χ4v) is 2.13. The summed E-state index contributed by atoms with van der Waals surface area (Å²) >= 11 is 0. The van der Waals surface area contributed by atoms with Gasteiger partial charge in [-0.05, 0) is 25.0 Å².